The number of ether oxygens (including phenoxy) is 1. The zero-order chi connectivity index (χ0) is 19.9. The quantitative estimate of drug-likeness (QED) is 0.591. The van der Waals surface area contributed by atoms with Crippen molar-refractivity contribution in [2.45, 2.75) is 20.3 Å². The van der Waals surface area contributed by atoms with Crippen molar-refractivity contribution in [3.05, 3.63) is 76.0 Å². The van der Waals surface area contributed by atoms with Crippen molar-refractivity contribution in [3.8, 4) is 5.75 Å². The van der Waals surface area contributed by atoms with E-state index in [1.807, 2.05) is 37.4 Å². The summed E-state index contributed by atoms with van der Waals surface area (Å²) in [5.41, 5.74) is 3.50. The number of rotatable bonds is 7. The number of carbonyl (C=O) groups is 2. The average Bonchev–Trinajstić information content (AvgIpc) is 3.16. The molecule has 0 atom stereocenters. The maximum absolute atomic E-state index is 12.2. The predicted octanol–water partition coefficient (Wildman–Crippen LogP) is 5.02. The normalized spacial score (nSPS) is 10.4. The molecular formula is C22H22N2O3S. The minimum Gasteiger partial charge on any atom is -0.493 e. The van der Waals surface area contributed by atoms with Crippen molar-refractivity contribution in [1.29, 1.82) is 0 Å². The van der Waals surface area contributed by atoms with Gasteiger partial charge in [0.2, 0.25) is 5.91 Å². The van der Waals surface area contributed by atoms with Crippen molar-refractivity contribution in [3.63, 3.8) is 0 Å². The lowest BCUT2D eigenvalue weighted by Gasteiger charge is -2.10. The minimum absolute atomic E-state index is 0.147. The molecule has 1 heterocycles. The van der Waals surface area contributed by atoms with Crippen LogP contribution in [0.3, 0.4) is 0 Å². The Hall–Kier alpha value is -3.12. The number of anilines is 2. The van der Waals surface area contributed by atoms with Crippen LogP contribution in [0.1, 0.15) is 27.2 Å². The van der Waals surface area contributed by atoms with Gasteiger partial charge in [-0.25, -0.2) is 0 Å². The summed E-state index contributed by atoms with van der Waals surface area (Å²) in [5.74, 6) is 0.454. The smallest absolute Gasteiger partial charge is 0.265 e. The summed E-state index contributed by atoms with van der Waals surface area (Å²) in [6.45, 7) is 4.32. The van der Waals surface area contributed by atoms with Gasteiger partial charge >= 0.3 is 0 Å². The van der Waals surface area contributed by atoms with E-state index in [-0.39, 0.29) is 18.2 Å². The lowest BCUT2D eigenvalue weighted by atomic mass is 10.1. The molecule has 5 nitrogen and oxygen atoms in total. The van der Waals surface area contributed by atoms with Gasteiger partial charge in [-0.3, -0.25) is 9.59 Å². The Kier molecular flexibility index (Phi) is 6.45. The molecule has 0 aliphatic carbocycles. The number of nitrogens with one attached hydrogen (secondary N) is 2. The molecule has 2 amide bonds. The molecule has 0 unspecified atom stereocenters. The highest BCUT2D eigenvalue weighted by molar-refractivity contribution is 7.12. The van der Waals surface area contributed by atoms with Crippen LogP contribution in [0.15, 0.2) is 60.0 Å². The third-order valence-corrected chi connectivity index (χ3v) is 4.81. The summed E-state index contributed by atoms with van der Waals surface area (Å²) < 4.78 is 5.68. The Balaban J connectivity index is 1.50. The zero-order valence-corrected chi connectivity index (χ0v) is 16.6. The summed E-state index contributed by atoms with van der Waals surface area (Å²) in [7, 11) is 0. The van der Waals surface area contributed by atoms with Gasteiger partial charge in [-0.2, -0.15) is 0 Å². The Morgan fingerprint density at radius 1 is 0.929 bits per heavy atom. The molecule has 0 aliphatic rings. The molecule has 144 valence electrons. The Labute approximate surface area is 168 Å². The van der Waals surface area contributed by atoms with Crippen LogP contribution in [0.4, 0.5) is 11.4 Å². The average molecular weight is 394 g/mol. The summed E-state index contributed by atoms with van der Waals surface area (Å²) in [4.78, 5) is 24.9. The molecule has 0 fully saturated rings. The van der Waals surface area contributed by atoms with E-state index in [0.717, 1.165) is 16.9 Å². The summed E-state index contributed by atoms with van der Waals surface area (Å²) in [6.07, 6.45) is 0.235. The topological polar surface area (TPSA) is 67.4 Å². The van der Waals surface area contributed by atoms with E-state index in [9.17, 15) is 9.59 Å². The molecule has 3 rings (SSSR count). The number of aryl methyl sites for hydroxylation is 2. The van der Waals surface area contributed by atoms with Gasteiger partial charge in [-0.1, -0.05) is 18.2 Å². The number of hydrogen-bond donors (Lipinski definition) is 2. The van der Waals surface area contributed by atoms with Crippen molar-refractivity contribution in [2.75, 3.05) is 17.2 Å². The number of benzene rings is 2. The van der Waals surface area contributed by atoms with E-state index >= 15 is 0 Å². The van der Waals surface area contributed by atoms with Crippen LogP contribution >= 0.6 is 11.3 Å². The summed E-state index contributed by atoms with van der Waals surface area (Å²) in [5, 5.41) is 7.51. The molecule has 2 aromatic carbocycles. The summed E-state index contributed by atoms with van der Waals surface area (Å²) in [6, 6.07) is 16.6. The van der Waals surface area contributed by atoms with Crippen LogP contribution in [0.25, 0.3) is 0 Å². The SMILES string of the molecule is Cc1cc(C)cc(OCCC(=O)Nc2cccc(NC(=O)c3cccs3)c2)c1. The van der Waals surface area contributed by atoms with Crippen molar-refractivity contribution in [1.82, 2.24) is 0 Å². The lowest BCUT2D eigenvalue weighted by molar-refractivity contribution is -0.116. The molecule has 0 bridgehead atoms. The van der Waals surface area contributed by atoms with E-state index < -0.39 is 0 Å². The van der Waals surface area contributed by atoms with E-state index in [1.165, 1.54) is 11.3 Å². The van der Waals surface area contributed by atoms with Gasteiger partial charge in [-0.05, 0) is 66.8 Å². The molecule has 0 saturated heterocycles. The van der Waals surface area contributed by atoms with Gasteiger partial charge in [0, 0.05) is 11.4 Å². The first-order valence-corrected chi connectivity index (χ1v) is 9.83. The maximum atomic E-state index is 12.2. The minimum atomic E-state index is -0.166. The zero-order valence-electron chi connectivity index (χ0n) is 15.8. The third-order valence-electron chi connectivity index (χ3n) is 3.94. The van der Waals surface area contributed by atoms with E-state index in [1.54, 1.807) is 30.3 Å². The fourth-order valence-electron chi connectivity index (χ4n) is 2.78. The number of amides is 2. The van der Waals surface area contributed by atoms with Crippen LogP contribution in [0.2, 0.25) is 0 Å². The number of carbonyl (C=O) groups excluding carboxylic acids is 2. The van der Waals surface area contributed by atoms with Gasteiger partial charge in [0.25, 0.3) is 5.91 Å². The standard InChI is InChI=1S/C22H22N2O3S/c1-15-11-16(2)13-19(12-15)27-9-8-21(25)23-17-5-3-6-18(14-17)24-22(26)20-7-4-10-28-20/h3-7,10-14H,8-9H2,1-2H3,(H,23,25)(H,24,26). The molecule has 0 radical (unpaired) electrons. The second-order valence-corrected chi connectivity index (χ2v) is 7.43. The molecule has 0 spiro atoms. The van der Waals surface area contributed by atoms with Crippen molar-refractivity contribution < 1.29 is 14.3 Å². The monoisotopic (exact) mass is 394 g/mol. The summed E-state index contributed by atoms with van der Waals surface area (Å²) >= 11 is 1.38. The van der Waals surface area contributed by atoms with Crippen LogP contribution in [0.5, 0.6) is 5.75 Å². The van der Waals surface area contributed by atoms with Crippen LogP contribution in [-0.2, 0) is 4.79 Å². The molecule has 6 heteroatoms. The molecule has 3 aromatic rings. The Morgan fingerprint density at radius 2 is 1.64 bits per heavy atom. The first kappa shape index (κ1) is 19.6. The molecular weight excluding hydrogens is 372 g/mol. The largest absolute Gasteiger partial charge is 0.493 e. The lowest BCUT2D eigenvalue weighted by Crippen LogP contribution is -2.16. The molecule has 1 aromatic heterocycles. The second kappa shape index (κ2) is 9.19. The van der Waals surface area contributed by atoms with Crippen LogP contribution in [-0.4, -0.2) is 18.4 Å². The highest BCUT2D eigenvalue weighted by Crippen LogP contribution is 2.19. The van der Waals surface area contributed by atoms with Gasteiger partial charge in [-0.15, -0.1) is 11.3 Å². The maximum Gasteiger partial charge on any atom is 0.265 e. The Morgan fingerprint density at radius 3 is 2.32 bits per heavy atom. The number of thiophene rings is 1. The Bertz CT molecular complexity index is 947. The molecule has 28 heavy (non-hydrogen) atoms. The fraction of sp³-hybridized carbons (Fsp3) is 0.182. The predicted molar refractivity (Wildman–Crippen MR) is 113 cm³/mol. The molecule has 2 N–H and O–H groups in total. The van der Waals surface area contributed by atoms with Crippen molar-refractivity contribution >= 4 is 34.5 Å². The van der Waals surface area contributed by atoms with E-state index in [2.05, 4.69) is 16.7 Å². The van der Waals surface area contributed by atoms with Gasteiger partial charge in [0.15, 0.2) is 0 Å². The van der Waals surface area contributed by atoms with Gasteiger partial charge in [0.05, 0.1) is 17.9 Å². The molecule has 0 saturated carbocycles. The number of hydrogen-bond acceptors (Lipinski definition) is 4. The fourth-order valence-corrected chi connectivity index (χ4v) is 3.40. The highest BCUT2D eigenvalue weighted by Gasteiger charge is 2.08. The second-order valence-electron chi connectivity index (χ2n) is 6.48. The third kappa shape index (κ3) is 5.69. The van der Waals surface area contributed by atoms with Gasteiger partial charge < -0.3 is 15.4 Å². The molecule has 0 aliphatic heterocycles. The van der Waals surface area contributed by atoms with E-state index in [0.29, 0.717) is 22.9 Å². The van der Waals surface area contributed by atoms with E-state index in [4.69, 9.17) is 4.74 Å². The highest BCUT2D eigenvalue weighted by atomic mass is 32.1. The van der Waals surface area contributed by atoms with Crippen LogP contribution < -0.4 is 15.4 Å². The van der Waals surface area contributed by atoms with Crippen LogP contribution in [0, 0.1) is 13.8 Å². The van der Waals surface area contributed by atoms with Gasteiger partial charge in [0.1, 0.15) is 5.75 Å². The van der Waals surface area contributed by atoms with Crippen molar-refractivity contribution in [2.24, 2.45) is 0 Å². The first-order chi connectivity index (χ1) is 13.5. The first-order valence-electron chi connectivity index (χ1n) is 8.95.